The normalized spacial score (nSPS) is 17.2. The second kappa shape index (κ2) is 3.54. The largest absolute Gasteiger partial charge is 0.420 e. The maximum absolute atomic E-state index is 12.5. The monoisotopic (exact) mass is 194 g/mol. The van der Waals surface area contributed by atoms with Crippen LogP contribution in [0.3, 0.4) is 0 Å². The number of alkyl halides is 3. The lowest BCUT2D eigenvalue weighted by Crippen LogP contribution is -2.56. The van der Waals surface area contributed by atoms with Crippen molar-refractivity contribution in [3.05, 3.63) is 0 Å². The molecule has 0 fully saturated rings. The van der Waals surface area contributed by atoms with Crippen LogP contribution in [0, 0.1) is 11.3 Å². The van der Waals surface area contributed by atoms with E-state index in [1.807, 2.05) is 0 Å². The van der Waals surface area contributed by atoms with E-state index in [0.717, 1.165) is 11.8 Å². The van der Waals surface area contributed by atoms with E-state index < -0.39 is 11.7 Å². The SMILES string of the molecule is CC(C)N(C)C(C)(C#N)C(F)(F)F. The molecule has 0 aromatic heterocycles. The van der Waals surface area contributed by atoms with Crippen molar-refractivity contribution in [1.82, 2.24) is 4.90 Å². The van der Waals surface area contributed by atoms with Gasteiger partial charge in [-0.3, -0.25) is 4.90 Å². The highest BCUT2D eigenvalue weighted by Gasteiger charge is 2.55. The molecule has 0 bridgehead atoms. The molecule has 0 aromatic carbocycles. The van der Waals surface area contributed by atoms with Gasteiger partial charge in [-0.15, -0.1) is 0 Å². The summed E-state index contributed by atoms with van der Waals surface area (Å²) in [6, 6.07) is 0.973. The Kier molecular flexibility index (Phi) is 3.34. The predicted octanol–water partition coefficient (Wildman–Crippen LogP) is 2.17. The molecule has 0 aliphatic rings. The molecular weight excluding hydrogens is 181 g/mol. The van der Waals surface area contributed by atoms with E-state index in [1.54, 1.807) is 13.8 Å². The Hall–Kier alpha value is -0.760. The van der Waals surface area contributed by atoms with Gasteiger partial charge in [0.15, 0.2) is 0 Å². The maximum atomic E-state index is 12.5. The second-order valence-corrected chi connectivity index (χ2v) is 3.39. The van der Waals surface area contributed by atoms with E-state index in [2.05, 4.69) is 0 Å². The van der Waals surface area contributed by atoms with Crippen molar-refractivity contribution in [2.24, 2.45) is 0 Å². The van der Waals surface area contributed by atoms with Gasteiger partial charge in [-0.2, -0.15) is 18.4 Å². The summed E-state index contributed by atoms with van der Waals surface area (Å²) >= 11 is 0. The van der Waals surface area contributed by atoms with Gasteiger partial charge in [0.2, 0.25) is 5.54 Å². The third kappa shape index (κ3) is 2.13. The third-order valence-electron chi connectivity index (χ3n) is 2.25. The molecule has 0 saturated heterocycles. The van der Waals surface area contributed by atoms with Crippen LogP contribution in [0.1, 0.15) is 20.8 Å². The van der Waals surface area contributed by atoms with Gasteiger partial charge in [0, 0.05) is 6.04 Å². The Balaban J connectivity index is 4.99. The minimum absolute atomic E-state index is 0.328. The van der Waals surface area contributed by atoms with Crippen molar-refractivity contribution >= 4 is 0 Å². The lowest BCUT2D eigenvalue weighted by Gasteiger charge is -2.36. The Morgan fingerprint density at radius 1 is 1.31 bits per heavy atom. The highest BCUT2D eigenvalue weighted by Crippen LogP contribution is 2.34. The van der Waals surface area contributed by atoms with Crippen molar-refractivity contribution in [2.45, 2.75) is 38.5 Å². The first-order valence-corrected chi connectivity index (χ1v) is 3.87. The average Bonchev–Trinajstić information content (AvgIpc) is 1.99. The molecule has 0 heterocycles. The Bertz CT molecular complexity index is 216. The van der Waals surface area contributed by atoms with Crippen molar-refractivity contribution in [1.29, 1.82) is 5.26 Å². The molecule has 0 spiro atoms. The van der Waals surface area contributed by atoms with Crippen LogP contribution in [0.2, 0.25) is 0 Å². The minimum Gasteiger partial charge on any atom is -0.279 e. The lowest BCUT2D eigenvalue weighted by molar-refractivity contribution is -0.206. The van der Waals surface area contributed by atoms with Gasteiger partial charge in [0.05, 0.1) is 6.07 Å². The summed E-state index contributed by atoms with van der Waals surface area (Å²) in [5, 5.41) is 8.53. The smallest absolute Gasteiger partial charge is 0.279 e. The van der Waals surface area contributed by atoms with Gasteiger partial charge >= 0.3 is 6.18 Å². The molecule has 13 heavy (non-hydrogen) atoms. The van der Waals surface area contributed by atoms with Crippen LogP contribution in [0.4, 0.5) is 13.2 Å². The summed E-state index contributed by atoms with van der Waals surface area (Å²) in [4.78, 5) is 1.01. The molecule has 0 N–H and O–H groups in total. The summed E-state index contributed by atoms with van der Waals surface area (Å²) in [5.74, 6) is 0. The van der Waals surface area contributed by atoms with E-state index in [9.17, 15) is 13.2 Å². The van der Waals surface area contributed by atoms with E-state index in [-0.39, 0.29) is 6.04 Å². The van der Waals surface area contributed by atoms with Gasteiger partial charge in [-0.05, 0) is 27.8 Å². The number of halogens is 3. The molecule has 76 valence electrons. The first-order valence-electron chi connectivity index (χ1n) is 3.87. The molecule has 0 aliphatic heterocycles. The fraction of sp³-hybridized carbons (Fsp3) is 0.875. The van der Waals surface area contributed by atoms with Gasteiger partial charge in [-0.25, -0.2) is 0 Å². The van der Waals surface area contributed by atoms with Crippen LogP contribution in [0.5, 0.6) is 0 Å². The van der Waals surface area contributed by atoms with Crippen LogP contribution in [0.25, 0.3) is 0 Å². The summed E-state index contributed by atoms with van der Waals surface area (Å²) in [5.41, 5.74) is -2.40. The van der Waals surface area contributed by atoms with Crippen molar-refractivity contribution in [3.8, 4) is 6.07 Å². The number of hydrogen-bond acceptors (Lipinski definition) is 2. The molecular formula is C8H13F3N2. The summed E-state index contributed by atoms with van der Waals surface area (Å²) in [7, 11) is 1.29. The molecule has 0 aliphatic carbocycles. The maximum Gasteiger partial charge on any atom is 0.420 e. The second-order valence-electron chi connectivity index (χ2n) is 3.39. The van der Waals surface area contributed by atoms with Gasteiger partial charge < -0.3 is 0 Å². The third-order valence-corrected chi connectivity index (χ3v) is 2.25. The fourth-order valence-corrected chi connectivity index (χ4v) is 0.859. The zero-order valence-corrected chi connectivity index (χ0v) is 8.11. The fourth-order valence-electron chi connectivity index (χ4n) is 0.859. The topological polar surface area (TPSA) is 27.0 Å². The molecule has 5 heteroatoms. The van der Waals surface area contributed by atoms with Crippen LogP contribution in [0.15, 0.2) is 0 Å². The first kappa shape index (κ1) is 12.2. The summed E-state index contributed by atoms with van der Waals surface area (Å²) < 4.78 is 37.4. The molecule has 2 nitrogen and oxygen atoms in total. The molecule has 0 radical (unpaired) electrons. The average molecular weight is 194 g/mol. The molecule has 0 amide bonds. The van der Waals surface area contributed by atoms with E-state index in [1.165, 1.54) is 13.1 Å². The van der Waals surface area contributed by atoms with Crippen LogP contribution < -0.4 is 0 Å². The molecule has 0 aromatic rings. The predicted molar refractivity (Wildman–Crippen MR) is 43.0 cm³/mol. The van der Waals surface area contributed by atoms with Gasteiger partial charge in [0.1, 0.15) is 0 Å². The molecule has 1 atom stereocenters. The highest BCUT2D eigenvalue weighted by atomic mass is 19.4. The lowest BCUT2D eigenvalue weighted by atomic mass is 10.0. The number of nitriles is 1. The molecule has 0 saturated carbocycles. The number of rotatable bonds is 2. The zero-order chi connectivity index (χ0) is 10.9. The van der Waals surface area contributed by atoms with Gasteiger partial charge in [-0.1, -0.05) is 0 Å². The standard InChI is InChI=1S/C8H13F3N2/c1-6(2)13(4)7(3,5-12)8(9,10)11/h6H,1-4H3. The van der Waals surface area contributed by atoms with E-state index >= 15 is 0 Å². The Labute approximate surface area is 75.9 Å². The Morgan fingerprint density at radius 3 is 1.77 bits per heavy atom. The van der Waals surface area contributed by atoms with Crippen LogP contribution in [-0.2, 0) is 0 Å². The van der Waals surface area contributed by atoms with E-state index in [0.29, 0.717) is 0 Å². The number of nitrogens with zero attached hydrogens (tertiary/aromatic N) is 2. The van der Waals surface area contributed by atoms with Crippen molar-refractivity contribution in [2.75, 3.05) is 7.05 Å². The quantitative estimate of drug-likeness (QED) is 0.673. The zero-order valence-electron chi connectivity index (χ0n) is 8.11. The summed E-state index contributed by atoms with van der Waals surface area (Å²) in [6.45, 7) is 4.11. The first-order chi connectivity index (χ1) is 5.66. The van der Waals surface area contributed by atoms with E-state index in [4.69, 9.17) is 5.26 Å². The van der Waals surface area contributed by atoms with Crippen LogP contribution >= 0.6 is 0 Å². The van der Waals surface area contributed by atoms with Gasteiger partial charge in [0.25, 0.3) is 0 Å². The molecule has 0 rings (SSSR count). The van der Waals surface area contributed by atoms with Crippen molar-refractivity contribution in [3.63, 3.8) is 0 Å². The molecule has 1 unspecified atom stereocenters. The Morgan fingerprint density at radius 2 is 1.69 bits per heavy atom. The summed E-state index contributed by atoms with van der Waals surface area (Å²) in [6.07, 6.45) is -4.53. The highest BCUT2D eigenvalue weighted by molar-refractivity contribution is 5.10. The van der Waals surface area contributed by atoms with Crippen molar-refractivity contribution < 1.29 is 13.2 Å². The van der Waals surface area contributed by atoms with Crippen LogP contribution in [-0.4, -0.2) is 29.7 Å². The number of hydrogen-bond donors (Lipinski definition) is 0. The minimum atomic E-state index is -4.53.